The first-order valence-corrected chi connectivity index (χ1v) is 8.44. The molecule has 1 rings (SSSR count). The van der Waals surface area contributed by atoms with E-state index in [1.807, 2.05) is 13.8 Å². The predicted molar refractivity (Wildman–Crippen MR) is 67.7 cm³/mol. The highest BCUT2D eigenvalue weighted by atomic mass is 35.7. The number of halogens is 1. The third-order valence-electron chi connectivity index (χ3n) is 3.07. The fourth-order valence-corrected chi connectivity index (χ4v) is 3.27. The molecular formula is C11H21ClO4S. The van der Waals surface area contributed by atoms with Crippen LogP contribution in [0, 0.1) is 17.8 Å². The van der Waals surface area contributed by atoms with Gasteiger partial charge in [-0.15, -0.1) is 0 Å². The van der Waals surface area contributed by atoms with Crippen molar-refractivity contribution in [1.29, 1.82) is 0 Å². The van der Waals surface area contributed by atoms with Crippen LogP contribution in [0.25, 0.3) is 0 Å². The summed E-state index contributed by atoms with van der Waals surface area (Å²) in [5, 5.41) is 0. The molecule has 2 unspecified atom stereocenters. The summed E-state index contributed by atoms with van der Waals surface area (Å²) in [6, 6.07) is 0. The van der Waals surface area contributed by atoms with Gasteiger partial charge >= 0.3 is 0 Å². The summed E-state index contributed by atoms with van der Waals surface area (Å²) < 4.78 is 32.9. The van der Waals surface area contributed by atoms with Gasteiger partial charge in [0.15, 0.2) is 0 Å². The largest absolute Gasteiger partial charge is 0.381 e. The molecule has 6 heteroatoms. The maximum atomic E-state index is 11.1. The van der Waals surface area contributed by atoms with Crippen molar-refractivity contribution in [3.8, 4) is 0 Å². The third-order valence-corrected chi connectivity index (χ3v) is 4.27. The number of ether oxygens (including phenoxy) is 2. The van der Waals surface area contributed by atoms with Crippen LogP contribution < -0.4 is 0 Å². The Balaban J connectivity index is 2.29. The van der Waals surface area contributed by atoms with Crippen LogP contribution in [0.15, 0.2) is 0 Å². The Morgan fingerprint density at radius 3 is 2.65 bits per heavy atom. The summed E-state index contributed by atoms with van der Waals surface area (Å²) >= 11 is 0. The predicted octanol–water partition coefficient (Wildman–Crippen LogP) is 1.88. The molecule has 0 saturated carbocycles. The summed E-state index contributed by atoms with van der Waals surface area (Å²) in [6.45, 7) is 6.60. The summed E-state index contributed by atoms with van der Waals surface area (Å²) in [4.78, 5) is 0. The molecule has 17 heavy (non-hydrogen) atoms. The Bertz CT molecular complexity index is 309. The van der Waals surface area contributed by atoms with E-state index >= 15 is 0 Å². The van der Waals surface area contributed by atoms with Gasteiger partial charge < -0.3 is 9.47 Å². The minimum absolute atomic E-state index is 0.0204. The molecule has 0 radical (unpaired) electrons. The van der Waals surface area contributed by atoms with Gasteiger partial charge in [-0.2, -0.15) is 0 Å². The summed E-state index contributed by atoms with van der Waals surface area (Å²) in [5.41, 5.74) is 0. The lowest BCUT2D eigenvalue weighted by Gasteiger charge is -2.20. The zero-order valence-electron chi connectivity index (χ0n) is 10.4. The van der Waals surface area contributed by atoms with E-state index in [1.54, 1.807) is 0 Å². The van der Waals surface area contributed by atoms with Gasteiger partial charge in [-0.1, -0.05) is 13.8 Å². The third kappa shape index (κ3) is 6.60. The minimum Gasteiger partial charge on any atom is -0.381 e. The van der Waals surface area contributed by atoms with E-state index in [4.69, 9.17) is 20.2 Å². The van der Waals surface area contributed by atoms with Gasteiger partial charge in [0.05, 0.1) is 25.6 Å². The second-order valence-corrected chi connectivity index (χ2v) is 7.80. The van der Waals surface area contributed by atoms with E-state index in [0.29, 0.717) is 19.1 Å². The molecule has 0 aromatic heterocycles. The van der Waals surface area contributed by atoms with Gasteiger partial charge in [0.2, 0.25) is 9.05 Å². The molecule has 0 spiro atoms. The van der Waals surface area contributed by atoms with E-state index in [9.17, 15) is 8.42 Å². The van der Waals surface area contributed by atoms with Crippen LogP contribution >= 0.6 is 10.7 Å². The molecule has 102 valence electrons. The van der Waals surface area contributed by atoms with Gasteiger partial charge in [-0.05, 0) is 18.3 Å². The molecule has 0 N–H and O–H groups in total. The molecule has 4 nitrogen and oxygen atoms in total. The average Bonchev–Trinajstić information content (AvgIpc) is 2.67. The molecule has 1 aliphatic rings. The maximum Gasteiger partial charge on any atom is 0.232 e. The molecule has 0 bridgehead atoms. The van der Waals surface area contributed by atoms with E-state index < -0.39 is 9.05 Å². The Morgan fingerprint density at radius 1 is 1.47 bits per heavy atom. The lowest BCUT2D eigenvalue weighted by atomic mass is 9.99. The van der Waals surface area contributed by atoms with Crippen molar-refractivity contribution in [1.82, 2.24) is 0 Å². The Hall–Kier alpha value is 0.160. The fourth-order valence-electron chi connectivity index (χ4n) is 1.79. The molecular weight excluding hydrogens is 264 g/mol. The fraction of sp³-hybridized carbons (Fsp3) is 1.00. The van der Waals surface area contributed by atoms with Crippen LogP contribution in [0.1, 0.15) is 20.3 Å². The average molecular weight is 285 g/mol. The molecule has 0 aliphatic carbocycles. The normalized spacial score (nSPS) is 23.2. The van der Waals surface area contributed by atoms with Crippen molar-refractivity contribution in [3.63, 3.8) is 0 Å². The van der Waals surface area contributed by atoms with Crippen LogP contribution in [0.3, 0.4) is 0 Å². The highest BCUT2D eigenvalue weighted by molar-refractivity contribution is 8.13. The summed E-state index contributed by atoms with van der Waals surface area (Å²) in [5.74, 6) is 0.631. The van der Waals surface area contributed by atoms with E-state index in [1.165, 1.54) is 0 Å². The van der Waals surface area contributed by atoms with Gasteiger partial charge in [0, 0.05) is 23.2 Å². The second-order valence-electron chi connectivity index (χ2n) is 4.98. The molecule has 2 atom stereocenters. The summed E-state index contributed by atoms with van der Waals surface area (Å²) in [7, 11) is 1.82. The van der Waals surface area contributed by atoms with Crippen molar-refractivity contribution in [2.45, 2.75) is 20.3 Å². The minimum atomic E-state index is -3.45. The van der Waals surface area contributed by atoms with E-state index in [-0.39, 0.29) is 17.6 Å². The van der Waals surface area contributed by atoms with Crippen molar-refractivity contribution >= 4 is 19.7 Å². The number of rotatable bonds is 7. The lowest BCUT2D eigenvalue weighted by molar-refractivity contribution is 0.0598. The van der Waals surface area contributed by atoms with E-state index in [0.717, 1.165) is 19.6 Å². The maximum absolute atomic E-state index is 11.1. The molecule has 1 heterocycles. The van der Waals surface area contributed by atoms with Crippen LogP contribution in [0.5, 0.6) is 0 Å². The Kier molecular flexibility index (Phi) is 6.20. The van der Waals surface area contributed by atoms with Gasteiger partial charge in [-0.25, -0.2) is 8.42 Å². The van der Waals surface area contributed by atoms with Crippen LogP contribution in [0.2, 0.25) is 0 Å². The van der Waals surface area contributed by atoms with Crippen molar-refractivity contribution in [3.05, 3.63) is 0 Å². The Labute approximate surface area is 108 Å². The molecule has 1 fully saturated rings. The van der Waals surface area contributed by atoms with E-state index in [2.05, 4.69) is 0 Å². The quantitative estimate of drug-likeness (QED) is 0.670. The standard InChI is InChI=1S/C11H21ClO4S/c1-9(2)11(8-17(12,13)14)7-16-6-10-3-4-15-5-10/h9-11H,3-8H2,1-2H3. The first-order chi connectivity index (χ1) is 7.88. The van der Waals surface area contributed by atoms with Gasteiger partial charge in [-0.3, -0.25) is 0 Å². The molecule has 1 aliphatic heterocycles. The Morgan fingerprint density at radius 2 is 2.18 bits per heavy atom. The van der Waals surface area contributed by atoms with Crippen LogP contribution in [0.4, 0.5) is 0 Å². The lowest BCUT2D eigenvalue weighted by Crippen LogP contribution is -2.24. The van der Waals surface area contributed by atoms with Crippen LogP contribution in [-0.4, -0.2) is 40.6 Å². The highest BCUT2D eigenvalue weighted by Gasteiger charge is 2.22. The second kappa shape index (κ2) is 6.92. The first-order valence-electron chi connectivity index (χ1n) is 5.96. The molecule has 0 amide bonds. The highest BCUT2D eigenvalue weighted by Crippen LogP contribution is 2.18. The molecule has 0 aromatic carbocycles. The monoisotopic (exact) mass is 284 g/mol. The first kappa shape index (κ1) is 15.2. The smallest absolute Gasteiger partial charge is 0.232 e. The van der Waals surface area contributed by atoms with Crippen molar-refractivity contribution in [2.24, 2.45) is 17.8 Å². The van der Waals surface area contributed by atoms with Crippen LogP contribution in [-0.2, 0) is 18.5 Å². The summed E-state index contributed by atoms with van der Waals surface area (Å²) in [6.07, 6.45) is 1.03. The van der Waals surface area contributed by atoms with Gasteiger partial charge in [0.25, 0.3) is 0 Å². The SMILES string of the molecule is CC(C)C(COCC1CCOC1)CS(=O)(=O)Cl. The number of hydrogen-bond donors (Lipinski definition) is 0. The zero-order valence-corrected chi connectivity index (χ0v) is 12.0. The van der Waals surface area contributed by atoms with Gasteiger partial charge in [0.1, 0.15) is 0 Å². The van der Waals surface area contributed by atoms with Crippen molar-refractivity contribution in [2.75, 3.05) is 32.2 Å². The molecule has 1 saturated heterocycles. The molecule has 0 aromatic rings. The number of hydrogen-bond acceptors (Lipinski definition) is 4. The topological polar surface area (TPSA) is 52.6 Å². The van der Waals surface area contributed by atoms with Crippen molar-refractivity contribution < 1.29 is 17.9 Å². The zero-order chi connectivity index (χ0) is 12.9.